The number of anilines is 1. The lowest BCUT2D eigenvalue weighted by Gasteiger charge is -2.34. The number of hydrogen-bond donors (Lipinski definition) is 1. The summed E-state index contributed by atoms with van der Waals surface area (Å²) >= 11 is 0. The molecule has 1 aromatic carbocycles. The molecule has 37 heavy (non-hydrogen) atoms. The van der Waals surface area contributed by atoms with E-state index in [1.54, 1.807) is 25.1 Å². The zero-order valence-electron chi connectivity index (χ0n) is 20.3. The van der Waals surface area contributed by atoms with Gasteiger partial charge in [-0.2, -0.15) is 13.2 Å². The first-order chi connectivity index (χ1) is 17.5. The second kappa shape index (κ2) is 10.4. The summed E-state index contributed by atoms with van der Waals surface area (Å²) in [5, 5.41) is 2.79. The number of amides is 1. The fraction of sp³-hybridized carbons (Fsp3) is 0.360. The number of hydrogen-bond acceptors (Lipinski definition) is 7. The highest BCUT2D eigenvalue weighted by Gasteiger charge is 2.32. The number of nitrogens with zero attached hydrogens (tertiary/aromatic N) is 4. The summed E-state index contributed by atoms with van der Waals surface area (Å²) in [6, 6.07) is 8.45. The molecule has 0 aliphatic carbocycles. The molecule has 12 heteroatoms. The second-order valence-corrected chi connectivity index (χ2v) is 11.0. The van der Waals surface area contributed by atoms with Crippen molar-refractivity contribution in [2.45, 2.75) is 50.3 Å². The Bertz CT molecular complexity index is 1380. The van der Waals surface area contributed by atoms with Crippen LogP contribution in [-0.4, -0.2) is 41.6 Å². The lowest BCUT2D eigenvalue weighted by Crippen LogP contribution is -2.35. The maximum absolute atomic E-state index is 12.9. The number of halogens is 3. The third kappa shape index (κ3) is 5.90. The predicted octanol–water partition coefficient (Wildman–Crippen LogP) is 4.13. The largest absolute Gasteiger partial charge is 0.419 e. The number of benzene rings is 1. The first kappa shape index (κ1) is 26.5. The number of carbonyl (C=O) groups is 1. The average molecular weight is 534 g/mol. The van der Waals surface area contributed by atoms with Crippen LogP contribution >= 0.6 is 0 Å². The third-order valence-corrected chi connectivity index (χ3v) is 8.07. The van der Waals surface area contributed by atoms with Gasteiger partial charge < -0.3 is 10.2 Å². The Morgan fingerprint density at radius 2 is 1.81 bits per heavy atom. The summed E-state index contributed by atoms with van der Waals surface area (Å²) in [6.45, 7) is 4.60. The maximum atomic E-state index is 12.9. The van der Waals surface area contributed by atoms with E-state index < -0.39 is 21.6 Å². The molecule has 0 spiro atoms. The zero-order valence-corrected chi connectivity index (χ0v) is 21.1. The molecule has 1 amide bonds. The first-order valence-corrected chi connectivity index (χ1v) is 13.4. The van der Waals surface area contributed by atoms with Crippen LogP contribution in [0.1, 0.15) is 58.9 Å². The molecule has 0 saturated heterocycles. The smallest absolute Gasteiger partial charge is 0.346 e. The van der Waals surface area contributed by atoms with E-state index in [0.717, 1.165) is 29.9 Å². The van der Waals surface area contributed by atoms with E-state index in [2.05, 4.69) is 20.3 Å². The number of sulfone groups is 1. The number of nitrogens with one attached hydrogen (secondary N) is 1. The quantitative estimate of drug-likeness (QED) is 0.487. The van der Waals surface area contributed by atoms with E-state index in [1.807, 2.05) is 17.9 Å². The minimum absolute atomic E-state index is 0.0234. The molecule has 8 nitrogen and oxygen atoms in total. The van der Waals surface area contributed by atoms with Crippen LogP contribution in [0.4, 0.5) is 19.1 Å². The topological polar surface area (TPSA) is 105 Å². The van der Waals surface area contributed by atoms with Crippen molar-refractivity contribution in [1.29, 1.82) is 0 Å². The fourth-order valence-corrected chi connectivity index (χ4v) is 5.01. The molecule has 1 aliphatic heterocycles. The van der Waals surface area contributed by atoms with Crippen LogP contribution < -0.4 is 10.2 Å². The number of rotatable bonds is 7. The van der Waals surface area contributed by atoms with Crippen molar-refractivity contribution in [2.75, 3.05) is 17.2 Å². The van der Waals surface area contributed by atoms with Crippen molar-refractivity contribution in [3.8, 4) is 0 Å². The van der Waals surface area contributed by atoms with Crippen molar-refractivity contribution in [3.63, 3.8) is 0 Å². The van der Waals surface area contributed by atoms with Gasteiger partial charge in [0.25, 0.3) is 5.91 Å². The first-order valence-electron chi connectivity index (χ1n) is 11.7. The van der Waals surface area contributed by atoms with Crippen molar-refractivity contribution in [2.24, 2.45) is 0 Å². The van der Waals surface area contributed by atoms with Crippen LogP contribution in [-0.2, 0) is 29.1 Å². The zero-order chi connectivity index (χ0) is 26.8. The van der Waals surface area contributed by atoms with Gasteiger partial charge in [0.15, 0.2) is 9.84 Å². The summed E-state index contributed by atoms with van der Waals surface area (Å²) in [4.78, 5) is 26.8. The molecule has 1 N–H and O–H groups in total. The van der Waals surface area contributed by atoms with Crippen LogP contribution in [0.25, 0.3) is 0 Å². The molecule has 3 heterocycles. The minimum Gasteiger partial charge on any atom is -0.346 e. The Hall–Kier alpha value is -3.54. The van der Waals surface area contributed by atoms with Gasteiger partial charge in [0.2, 0.25) is 5.95 Å². The summed E-state index contributed by atoms with van der Waals surface area (Å²) in [7, 11) is -3.35. The molecule has 1 aliphatic rings. The van der Waals surface area contributed by atoms with Gasteiger partial charge in [-0.25, -0.2) is 18.4 Å². The van der Waals surface area contributed by atoms with Crippen molar-refractivity contribution in [3.05, 3.63) is 76.9 Å². The standard InChI is InChI=1S/C25H26F3N5O3S/c1-3-16-14-33(24-31-10-19(11-32-24)25(26,27)28)15-18-9-17(5-8-22(16)18)23(34)30-12-20-6-7-21(13-29-20)37(35,36)4-2/h5-11,13,16H,3-4,12,14-15H2,1-2H3,(H,30,34)/t16-/m0/s1. The molecule has 3 aromatic rings. The number of pyridine rings is 1. The fourth-order valence-electron chi connectivity index (χ4n) is 4.19. The lowest BCUT2D eigenvalue weighted by atomic mass is 9.87. The van der Waals surface area contributed by atoms with Crippen LogP contribution in [0, 0.1) is 0 Å². The van der Waals surface area contributed by atoms with Crippen LogP contribution in [0.2, 0.25) is 0 Å². The molecule has 0 fully saturated rings. The van der Waals surface area contributed by atoms with Crippen LogP contribution in [0.15, 0.2) is 53.8 Å². The van der Waals surface area contributed by atoms with Gasteiger partial charge in [-0.05, 0) is 41.8 Å². The van der Waals surface area contributed by atoms with Crippen LogP contribution in [0.5, 0.6) is 0 Å². The molecule has 0 bridgehead atoms. The molecular formula is C25H26F3N5O3S. The minimum atomic E-state index is -4.51. The van der Waals surface area contributed by atoms with Gasteiger partial charge in [0, 0.05) is 43.2 Å². The Morgan fingerprint density at radius 1 is 1.08 bits per heavy atom. The average Bonchev–Trinajstić information content (AvgIpc) is 2.90. The normalized spacial score (nSPS) is 15.8. The molecule has 0 unspecified atom stereocenters. The summed E-state index contributed by atoms with van der Waals surface area (Å²) in [6.07, 6.45) is -0.874. The number of aromatic nitrogens is 3. The van der Waals surface area contributed by atoms with Gasteiger partial charge in [-0.15, -0.1) is 0 Å². The second-order valence-electron chi connectivity index (χ2n) is 8.74. The van der Waals surface area contributed by atoms with Gasteiger partial charge >= 0.3 is 6.18 Å². The van der Waals surface area contributed by atoms with Crippen LogP contribution in [0.3, 0.4) is 0 Å². The molecule has 4 rings (SSSR count). The monoisotopic (exact) mass is 533 g/mol. The Morgan fingerprint density at radius 3 is 2.41 bits per heavy atom. The van der Waals surface area contributed by atoms with E-state index in [-0.39, 0.29) is 35.0 Å². The molecular weight excluding hydrogens is 507 g/mol. The SMILES string of the molecule is CC[C@H]1CN(c2ncc(C(F)(F)F)cn2)Cc2cc(C(=O)NCc3ccc(S(=O)(=O)CC)cn3)ccc21. The number of fused-ring (bicyclic) bond motifs is 1. The Labute approximate surface area is 212 Å². The van der Waals surface area contributed by atoms with E-state index in [1.165, 1.54) is 12.3 Å². The summed E-state index contributed by atoms with van der Waals surface area (Å²) in [5.41, 5.74) is 1.99. The van der Waals surface area contributed by atoms with E-state index in [4.69, 9.17) is 0 Å². The Kier molecular flexibility index (Phi) is 7.49. The van der Waals surface area contributed by atoms with Crippen molar-refractivity contribution < 1.29 is 26.4 Å². The lowest BCUT2D eigenvalue weighted by molar-refractivity contribution is -0.138. The van der Waals surface area contributed by atoms with Gasteiger partial charge in [-0.3, -0.25) is 9.78 Å². The van der Waals surface area contributed by atoms with E-state index >= 15 is 0 Å². The highest BCUT2D eigenvalue weighted by Crippen LogP contribution is 2.34. The van der Waals surface area contributed by atoms with E-state index in [0.29, 0.717) is 24.3 Å². The molecule has 1 atom stereocenters. The third-order valence-electron chi connectivity index (χ3n) is 6.35. The summed E-state index contributed by atoms with van der Waals surface area (Å²) < 4.78 is 62.5. The Balaban J connectivity index is 1.48. The van der Waals surface area contributed by atoms with Gasteiger partial charge in [-0.1, -0.05) is 19.9 Å². The van der Waals surface area contributed by atoms with Gasteiger partial charge in [0.05, 0.1) is 28.5 Å². The highest BCUT2D eigenvalue weighted by molar-refractivity contribution is 7.91. The maximum Gasteiger partial charge on any atom is 0.419 e. The molecule has 0 radical (unpaired) electrons. The number of alkyl halides is 3. The number of carbonyl (C=O) groups excluding carboxylic acids is 1. The molecule has 0 saturated carbocycles. The van der Waals surface area contributed by atoms with Crippen molar-refractivity contribution >= 4 is 21.7 Å². The molecule has 196 valence electrons. The summed E-state index contributed by atoms with van der Waals surface area (Å²) in [5.74, 6) is -0.0454. The molecule has 2 aromatic heterocycles. The highest BCUT2D eigenvalue weighted by atomic mass is 32.2. The van der Waals surface area contributed by atoms with E-state index in [9.17, 15) is 26.4 Å². The van der Waals surface area contributed by atoms with Crippen molar-refractivity contribution in [1.82, 2.24) is 20.3 Å². The van der Waals surface area contributed by atoms with Gasteiger partial charge in [0.1, 0.15) is 0 Å². The predicted molar refractivity (Wildman–Crippen MR) is 131 cm³/mol.